The number of aryl methyl sites for hydroxylation is 1. The molecule has 0 unspecified atom stereocenters. The van der Waals surface area contributed by atoms with Gasteiger partial charge >= 0.3 is 0 Å². The zero-order valence-electron chi connectivity index (χ0n) is 14.5. The Morgan fingerprint density at radius 3 is 2.92 bits per heavy atom. The molecule has 3 aromatic rings. The van der Waals surface area contributed by atoms with Gasteiger partial charge in [-0.3, -0.25) is 9.59 Å². The number of rotatable bonds is 6. The van der Waals surface area contributed by atoms with Crippen molar-refractivity contribution in [3.63, 3.8) is 0 Å². The number of carbonyl (C=O) groups is 1. The zero-order valence-corrected chi connectivity index (χ0v) is 14.5. The number of hydrogen-bond donors (Lipinski definition) is 3. The lowest BCUT2D eigenvalue weighted by molar-refractivity contribution is 0.0922. The molecule has 0 aliphatic heterocycles. The number of pyridine rings is 1. The fourth-order valence-corrected chi connectivity index (χ4v) is 2.64. The first-order valence-corrected chi connectivity index (χ1v) is 8.24. The molecule has 3 N–H and O–H groups in total. The summed E-state index contributed by atoms with van der Waals surface area (Å²) in [6.07, 6.45) is 1.56. The molecule has 2 heterocycles. The van der Waals surface area contributed by atoms with Crippen molar-refractivity contribution in [2.75, 3.05) is 6.61 Å². The van der Waals surface area contributed by atoms with E-state index in [2.05, 4.69) is 10.3 Å². The van der Waals surface area contributed by atoms with Gasteiger partial charge in [0.25, 0.3) is 11.5 Å². The van der Waals surface area contributed by atoms with Crippen LogP contribution in [-0.4, -0.2) is 28.6 Å². The smallest absolute Gasteiger partial charge is 0.255 e. The molecule has 7 heteroatoms. The molecule has 0 fully saturated rings. The molecular formula is C19H20N2O5. The third kappa shape index (κ3) is 3.62. The summed E-state index contributed by atoms with van der Waals surface area (Å²) in [5.41, 5.74) is 1.27. The van der Waals surface area contributed by atoms with E-state index in [1.165, 1.54) is 0 Å². The summed E-state index contributed by atoms with van der Waals surface area (Å²) >= 11 is 0. The Morgan fingerprint density at radius 1 is 1.38 bits per heavy atom. The molecule has 1 atom stereocenters. The maximum atomic E-state index is 12.5. The highest BCUT2D eigenvalue weighted by Crippen LogP contribution is 2.29. The highest BCUT2D eigenvalue weighted by molar-refractivity contribution is 6.07. The summed E-state index contributed by atoms with van der Waals surface area (Å²) in [6.45, 7) is 3.38. The molecule has 0 spiro atoms. The second-order valence-electron chi connectivity index (χ2n) is 6.06. The number of nitrogens with one attached hydrogen (secondary N) is 2. The number of hydrogen-bond acceptors (Lipinski definition) is 5. The average molecular weight is 356 g/mol. The van der Waals surface area contributed by atoms with Crippen LogP contribution in [0.25, 0.3) is 11.0 Å². The summed E-state index contributed by atoms with van der Waals surface area (Å²) in [6, 6.07) is 8.21. The highest BCUT2D eigenvalue weighted by atomic mass is 16.5. The van der Waals surface area contributed by atoms with Gasteiger partial charge in [-0.25, -0.2) is 0 Å². The van der Waals surface area contributed by atoms with Gasteiger partial charge in [-0.15, -0.1) is 0 Å². The number of carbonyl (C=O) groups excluding carboxylic acids is 1. The number of H-pyrrole nitrogens is 1. The summed E-state index contributed by atoms with van der Waals surface area (Å²) < 4.78 is 11.3. The summed E-state index contributed by atoms with van der Waals surface area (Å²) in [5.74, 6) is 0.685. The monoisotopic (exact) mass is 356 g/mol. The Labute approximate surface area is 149 Å². The van der Waals surface area contributed by atoms with Gasteiger partial charge < -0.3 is 24.6 Å². The summed E-state index contributed by atoms with van der Waals surface area (Å²) in [5, 5.41) is 12.5. The number of aliphatic hydroxyl groups excluding tert-OH is 1. The van der Waals surface area contributed by atoms with E-state index in [1.807, 2.05) is 0 Å². The maximum absolute atomic E-state index is 12.5. The number of aliphatic hydroxyl groups is 1. The Bertz CT molecular complexity index is 989. The highest BCUT2D eigenvalue weighted by Gasteiger charge is 2.20. The van der Waals surface area contributed by atoms with Crippen molar-refractivity contribution in [2.24, 2.45) is 0 Å². The van der Waals surface area contributed by atoms with Crippen LogP contribution >= 0.6 is 0 Å². The van der Waals surface area contributed by atoms with Gasteiger partial charge in [0.15, 0.2) is 0 Å². The molecule has 0 aliphatic rings. The van der Waals surface area contributed by atoms with Crippen molar-refractivity contribution >= 4 is 16.9 Å². The minimum atomic E-state index is -0.365. The first-order chi connectivity index (χ1) is 12.5. The predicted molar refractivity (Wildman–Crippen MR) is 96.4 cm³/mol. The van der Waals surface area contributed by atoms with Crippen molar-refractivity contribution in [1.82, 2.24) is 10.3 Å². The van der Waals surface area contributed by atoms with Gasteiger partial charge in [0.2, 0.25) is 0 Å². The van der Waals surface area contributed by atoms with Gasteiger partial charge in [0.05, 0.1) is 17.7 Å². The van der Waals surface area contributed by atoms with Gasteiger partial charge in [0, 0.05) is 17.6 Å². The Morgan fingerprint density at radius 2 is 2.19 bits per heavy atom. The van der Waals surface area contributed by atoms with E-state index in [1.54, 1.807) is 50.4 Å². The molecule has 136 valence electrons. The largest absolute Gasteiger partial charge is 0.489 e. The van der Waals surface area contributed by atoms with E-state index in [0.717, 1.165) is 0 Å². The van der Waals surface area contributed by atoms with Crippen LogP contribution in [-0.2, 0) is 6.61 Å². The van der Waals surface area contributed by atoms with Gasteiger partial charge in [0.1, 0.15) is 23.7 Å². The third-order valence-corrected chi connectivity index (χ3v) is 4.01. The van der Waals surface area contributed by atoms with Crippen molar-refractivity contribution in [2.45, 2.75) is 26.5 Å². The van der Waals surface area contributed by atoms with E-state index >= 15 is 0 Å². The zero-order chi connectivity index (χ0) is 18.7. The summed E-state index contributed by atoms with van der Waals surface area (Å²) in [7, 11) is 0. The molecule has 1 aromatic carbocycles. The first-order valence-electron chi connectivity index (χ1n) is 8.24. The molecule has 0 radical (unpaired) electrons. The van der Waals surface area contributed by atoms with E-state index in [4.69, 9.17) is 14.3 Å². The Hall–Kier alpha value is -3.06. The Balaban J connectivity index is 1.87. The number of aromatic amines is 1. The number of fused-ring (bicyclic) bond motifs is 1. The summed E-state index contributed by atoms with van der Waals surface area (Å²) in [4.78, 5) is 26.8. The van der Waals surface area contributed by atoms with Crippen molar-refractivity contribution < 1.29 is 19.1 Å². The van der Waals surface area contributed by atoms with Crippen molar-refractivity contribution in [3.05, 3.63) is 63.8 Å². The number of furan rings is 1. The standard InChI is InChI=1S/C19H20N2O5/c1-11(9-22)21-19(24)17-12(2)26-16-6-5-14(8-15(16)17)25-10-13-4-3-7-20-18(13)23/h3-8,11,22H,9-10H2,1-2H3,(H,20,23)(H,21,24)/t11-/m1/s1. The molecule has 2 aromatic heterocycles. The van der Waals surface area contributed by atoms with Crippen LogP contribution in [0.5, 0.6) is 5.75 Å². The van der Waals surface area contributed by atoms with Gasteiger partial charge in [-0.05, 0) is 44.2 Å². The number of ether oxygens (including phenoxy) is 1. The molecular weight excluding hydrogens is 336 g/mol. The molecule has 0 saturated carbocycles. The van der Waals surface area contributed by atoms with Crippen molar-refractivity contribution in [1.29, 1.82) is 0 Å². The molecule has 0 saturated heterocycles. The minimum absolute atomic E-state index is 0.113. The molecule has 7 nitrogen and oxygen atoms in total. The third-order valence-electron chi connectivity index (χ3n) is 4.01. The van der Waals surface area contributed by atoms with Gasteiger partial charge in [-0.2, -0.15) is 0 Å². The van der Waals surface area contributed by atoms with Crippen LogP contribution in [0.4, 0.5) is 0 Å². The van der Waals surface area contributed by atoms with Crippen LogP contribution in [0.15, 0.2) is 45.7 Å². The van der Waals surface area contributed by atoms with Crippen LogP contribution in [0.3, 0.4) is 0 Å². The van der Waals surface area contributed by atoms with Crippen LogP contribution < -0.4 is 15.6 Å². The molecule has 1 amide bonds. The second-order valence-corrected chi connectivity index (χ2v) is 6.06. The number of benzene rings is 1. The van der Waals surface area contributed by atoms with E-state index in [-0.39, 0.29) is 30.7 Å². The topological polar surface area (TPSA) is 105 Å². The van der Waals surface area contributed by atoms with E-state index in [9.17, 15) is 9.59 Å². The predicted octanol–water partition coefficient (Wildman–Crippen LogP) is 2.12. The fraction of sp³-hybridized carbons (Fsp3) is 0.263. The maximum Gasteiger partial charge on any atom is 0.255 e. The lowest BCUT2D eigenvalue weighted by Gasteiger charge is -2.10. The average Bonchev–Trinajstić information content (AvgIpc) is 2.96. The lowest BCUT2D eigenvalue weighted by atomic mass is 10.1. The molecule has 26 heavy (non-hydrogen) atoms. The SMILES string of the molecule is Cc1oc2ccc(OCc3ccc[nH]c3=O)cc2c1C(=O)N[C@H](C)CO. The van der Waals surface area contributed by atoms with Gasteiger partial charge in [-0.1, -0.05) is 0 Å². The van der Waals surface area contributed by atoms with E-state index in [0.29, 0.717) is 33.6 Å². The first kappa shape index (κ1) is 17.8. The fourth-order valence-electron chi connectivity index (χ4n) is 2.64. The van der Waals surface area contributed by atoms with Crippen molar-refractivity contribution in [3.8, 4) is 5.75 Å². The second kappa shape index (κ2) is 7.45. The van der Waals surface area contributed by atoms with Crippen LogP contribution in [0.1, 0.15) is 28.6 Å². The number of aromatic nitrogens is 1. The van der Waals surface area contributed by atoms with Crippen LogP contribution in [0.2, 0.25) is 0 Å². The Kier molecular flexibility index (Phi) is 5.09. The lowest BCUT2D eigenvalue weighted by Crippen LogP contribution is -2.35. The van der Waals surface area contributed by atoms with E-state index < -0.39 is 0 Å². The molecule has 3 rings (SSSR count). The quantitative estimate of drug-likeness (QED) is 0.627. The van der Waals surface area contributed by atoms with Crippen LogP contribution in [0, 0.1) is 6.92 Å². The molecule has 0 aliphatic carbocycles. The molecule has 0 bridgehead atoms. The minimum Gasteiger partial charge on any atom is -0.489 e. The number of amides is 1. The normalized spacial score (nSPS) is 12.1.